The molecular formula is C18H20F2N4O4. The number of nitrogens with zero attached hydrogens (tertiary/aromatic N) is 3. The molecule has 150 valence electrons. The number of rotatable bonds is 5. The summed E-state index contributed by atoms with van der Waals surface area (Å²) in [6.07, 6.45) is 1.02. The summed E-state index contributed by atoms with van der Waals surface area (Å²) in [7, 11) is 0. The highest BCUT2D eigenvalue weighted by molar-refractivity contribution is 6.17. The van der Waals surface area contributed by atoms with Crippen LogP contribution in [0.3, 0.4) is 0 Å². The van der Waals surface area contributed by atoms with E-state index in [0.29, 0.717) is 26.2 Å². The number of β-amino-alcohol motifs (C(OH)–C–C–N with tert-alkyl or cyclic N) is 1. The van der Waals surface area contributed by atoms with E-state index in [0.717, 1.165) is 23.1 Å². The summed E-state index contributed by atoms with van der Waals surface area (Å²) in [6.45, 7) is 2.25. The van der Waals surface area contributed by atoms with E-state index in [1.807, 2.05) is 0 Å². The van der Waals surface area contributed by atoms with Gasteiger partial charge in [-0.2, -0.15) is 0 Å². The number of amides is 3. The first-order valence-electron chi connectivity index (χ1n) is 8.76. The van der Waals surface area contributed by atoms with Gasteiger partial charge in [0.2, 0.25) is 5.91 Å². The SMILES string of the molecule is CC(=O)N1CCN(c2c(F)cc(NC3=CC(=O)N(CCO)C3=O)cc2F)CC1. The number of anilines is 2. The average Bonchev–Trinajstić information content (AvgIpc) is 2.89. The lowest BCUT2D eigenvalue weighted by Crippen LogP contribution is -2.48. The lowest BCUT2D eigenvalue weighted by atomic mass is 10.2. The molecule has 0 bridgehead atoms. The summed E-state index contributed by atoms with van der Waals surface area (Å²) in [6, 6.07) is 2.09. The van der Waals surface area contributed by atoms with Crippen LogP contribution in [-0.2, 0) is 14.4 Å². The van der Waals surface area contributed by atoms with Crippen LogP contribution >= 0.6 is 0 Å². The molecule has 0 atom stereocenters. The van der Waals surface area contributed by atoms with Crippen molar-refractivity contribution in [3.05, 3.63) is 35.5 Å². The van der Waals surface area contributed by atoms with Crippen molar-refractivity contribution < 1.29 is 28.3 Å². The van der Waals surface area contributed by atoms with Crippen LogP contribution < -0.4 is 10.2 Å². The molecule has 2 aliphatic heterocycles. The molecule has 0 aromatic heterocycles. The average molecular weight is 394 g/mol. The van der Waals surface area contributed by atoms with Crippen LogP contribution in [0.5, 0.6) is 0 Å². The van der Waals surface area contributed by atoms with E-state index in [-0.39, 0.29) is 36.1 Å². The molecule has 1 fully saturated rings. The molecule has 2 N–H and O–H groups in total. The van der Waals surface area contributed by atoms with Crippen LogP contribution in [0.1, 0.15) is 6.92 Å². The Bertz CT molecular complexity index is 827. The monoisotopic (exact) mass is 394 g/mol. The second-order valence-electron chi connectivity index (χ2n) is 6.48. The normalized spacial score (nSPS) is 17.3. The minimum absolute atomic E-state index is 0.0145. The van der Waals surface area contributed by atoms with Gasteiger partial charge in [-0.15, -0.1) is 0 Å². The zero-order chi connectivity index (χ0) is 20.4. The molecule has 1 aromatic rings. The molecule has 10 heteroatoms. The Labute approximate surface area is 160 Å². The maximum Gasteiger partial charge on any atom is 0.277 e. The van der Waals surface area contributed by atoms with Gasteiger partial charge in [0.15, 0.2) is 11.6 Å². The van der Waals surface area contributed by atoms with Crippen molar-refractivity contribution in [2.24, 2.45) is 0 Å². The van der Waals surface area contributed by atoms with Crippen LogP contribution in [0.15, 0.2) is 23.9 Å². The highest BCUT2D eigenvalue weighted by Gasteiger charge is 2.31. The zero-order valence-corrected chi connectivity index (χ0v) is 15.2. The molecule has 2 heterocycles. The third kappa shape index (κ3) is 3.81. The van der Waals surface area contributed by atoms with Gasteiger partial charge in [0, 0.05) is 44.9 Å². The van der Waals surface area contributed by atoms with Crippen molar-refractivity contribution in [2.75, 3.05) is 49.5 Å². The Kier molecular flexibility index (Phi) is 5.59. The van der Waals surface area contributed by atoms with Crippen LogP contribution in [0, 0.1) is 11.6 Å². The Morgan fingerprint density at radius 2 is 1.75 bits per heavy atom. The number of nitrogens with one attached hydrogen (secondary N) is 1. The summed E-state index contributed by atoms with van der Waals surface area (Å²) in [5.41, 5.74) is -0.335. The van der Waals surface area contributed by atoms with Gasteiger partial charge < -0.3 is 20.2 Å². The van der Waals surface area contributed by atoms with Crippen molar-refractivity contribution in [1.82, 2.24) is 9.80 Å². The molecule has 0 unspecified atom stereocenters. The predicted octanol–water partition coefficient (Wildman–Crippen LogP) is 0.290. The fourth-order valence-corrected chi connectivity index (χ4v) is 3.25. The van der Waals surface area contributed by atoms with Gasteiger partial charge in [0.25, 0.3) is 11.8 Å². The first kappa shape index (κ1) is 19.7. The summed E-state index contributed by atoms with van der Waals surface area (Å²) in [4.78, 5) is 39.2. The number of hydrogen-bond acceptors (Lipinski definition) is 6. The van der Waals surface area contributed by atoms with E-state index in [4.69, 9.17) is 5.11 Å². The van der Waals surface area contributed by atoms with Gasteiger partial charge in [0.05, 0.1) is 13.2 Å². The topological polar surface area (TPSA) is 93.2 Å². The third-order valence-electron chi connectivity index (χ3n) is 4.67. The number of halogens is 2. The molecule has 3 amide bonds. The summed E-state index contributed by atoms with van der Waals surface area (Å²) in [5, 5.41) is 11.5. The lowest BCUT2D eigenvalue weighted by molar-refractivity contribution is -0.137. The predicted molar refractivity (Wildman–Crippen MR) is 96.3 cm³/mol. The van der Waals surface area contributed by atoms with E-state index in [9.17, 15) is 23.2 Å². The van der Waals surface area contributed by atoms with Gasteiger partial charge in [-0.05, 0) is 12.1 Å². The van der Waals surface area contributed by atoms with E-state index < -0.39 is 23.4 Å². The number of aliphatic hydroxyl groups is 1. The van der Waals surface area contributed by atoms with Crippen LogP contribution in [-0.4, -0.2) is 72.0 Å². The van der Waals surface area contributed by atoms with E-state index in [2.05, 4.69) is 5.32 Å². The van der Waals surface area contributed by atoms with Gasteiger partial charge in [-0.3, -0.25) is 19.3 Å². The molecule has 1 aromatic carbocycles. The van der Waals surface area contributed by atoms with Crippen LogP contribution in [0.2, 0.25) is 0 Å². The number of piperazine rings is 1. The summed E-state index contributed by atoms with van der Waals surface area (Å²) in [5.74, 6) is -3.00. The molecule has 28 heavy (non-hydrogen) atoms. The number of carbonyl (C=O) groups is 3. The van der Waals surface area contributed by atoms with Gasteiger partial charge >= 0.3 is 0 Å². The number of carbonyl (C=O) groups excluding carboxylic acids is 3. The minimum Gasteiger partial charge on any atom is -0.395 e. The largest absolute Gasteiger partial charge is 0.395 e. The molecule has 8 nitrogen and oxygen atoms in total. The first-order valence-corrected chi connectivity index (χ1v) is 8.76. The third-order valence-corrected chi connectivity index (χ3v) is 4.67. The smallest absolute Gasteiger partial charge is 0.277 e. The standard InChI is InChI=1S/C18H20F2N4O4/c1-11(26)22-2-4-23(5-3-22)17-13(19)8-12(9-14(17)20)21-15-10-16(27)24(6-7-25)18(15)28/h8-10,21,25H,2-7H2,1H3. The molecule has 0 saturated carbocycles. The van der Waals surface area contributed by atoms with Gasteiger partial charge in [-0.1, -0.05) is 0 Å². The quantitative estimate of drug-likeness (QED) is 0.698. The number of aliphatic hydroxyl groups excluding tert-OH is 1. The summed E-state index contributed by atoms with van der Waals surface area (Å²) < 4.78 is 29.2. The van der Waals surface area contributed by atoms with Crippen molar-refractivity contribution in [3.8, 4) is 0 Å². The summed E-state index contributed by atoms with van der Waals surface area (Å²) >= 11 is 0. The lowest BCUT2D eigenvalue weighted by Gasteiger charge is -2.36. The first-order chi connectivity index (χ1) is 13.3. The molecular weight excluding hydrogens is 374 g/mol. The van der Waals surface area contributed by atoms with Crippen molar-refractivity contribution in [2.45, 2.75) is 6.92 Å². The van der Waals surface area contributed by atoms with Crippen LogP contribution in [0.4, 0.5) is 20.2 Å². The Morgan fingerprint density at radius 1 is 1.14 bits per heavy atom. The number of imide groups is 1. The van der Waals surface area contributed by atoms with Crippen molar-refractivity contribution >= 4 is 29.1 Å². The molecule has 1 saturated heterocycles. The fraction of sp³-hybridized carbons (Fsp3) is 0.389. The molecule has 2 aliphatic rings. The number of hydrogen-bond donors (Lipinski definition) is 2. The highest BCUT2D eigenvalue weighted by atomic mass is 19.1. The van der Waals surface area contributed by atoms with Crippen LogP contribution in [0.25, 0.3) is 0 Å². The maximum atomic E-state index is 14.6. The Morgan fingerprint density at radius 3 is 2.29 bits per heavy atom. The van der Waals surface area contributed by atoms with E-state index in [1.165, 1.54) is 11.8 Å². The molecule has 0 radical (unpaired) electrons. The van der Waals surface area contributed by atoms with Crippen molar-refractivity contribution in [1.29, 1.82) is 0 Å². The molecule has 0 aliphatic carbocycles. The Hall–Kier alpha value is -3.01. The van der Waals surface area contributed by atoms with E-state index >= 15 is 0 Å². The fourth-order valence-electron chi connectivity index (χ4n) is 3.25. The second kappa shape index (κ2) is 7.93. The zero-order valence-electron chi connectivity index (χ0n) is 15.2. The highest BCUT2D eigenvalue weighted by Crippen LogP contribution is 2.29. The molecule has 0 spiro atoms. The van der Waals surface area contributed by atoms with Gasteiger partial charge in [-0.25, -0.2) is 8.78 Å². The van der Waals surface area contributed by atoms with Crippen molar-refractivity contribution in [3.63, 3.8) is 0 Å². The minimum atomic E-state index is -0.816. The molecule has 3 rings (SSSR count). The van der Waals surface area contributed by atoms with Gasteiger partial charge in [0.1, 0.15) is 11.4 Å². The number of benzene rings is 1. The maximum absolute atomic E-state index is 14.6. The van der Waals surface area contributed by atoms with E-state index in [1.54, 1.807) is 4.90 Å². The Balaban J connectivity index is 1.74. The second-order valence-corrected chi connectivity index (χ2v) is 6.48.